The Labute approximate surface area is 272 Å². The number of hydrogen-bond donors (Lipinski definition) is 5. The van der Waals surface area contributed by atoms with Gasteiger partial charge in [0.05, 0.1) is 6.04 Å². The Morgan fingerprint density at radius 3 is 2.22 bits per heavy atom. The summed E-state index contributed by atoms with van der Waals surface area (Å²) in [5.41, 5.74) is 4.80. The van der Waals surface area contributed by atoms with E-state index in [9.17, 15) is 29.1 Å². The predicted octanol–water partition coefficient (Wildman–Crippen LogP) is 3.56. The minimum Gasteiger partial charge on any atom is -0.508 e. The van der Waals surface area contributed by atoms with Crippen LogP contribution < -0.4 is 21.7 Å². The third-order valence-corrected chi connectivity index (χ3v) is 10.1. The lowest BCUT2D eigenvalue weighted by Crippen LogP contribution is -2.63. The summed E-state index contributed by atoms with van der Waals surface area (Å²) >= 11 is 0. The minimum absolute atomic E-state index is 0.0622. The van der Waals surface area contributed by atoms with Gasteiger partial charge in [-0.3, -0.25) is 19.2 Å². The molecule has 1 aromatic rings. The van der Waals surface area contributed by atoms with Crippen LogP contribution in [0.4, 0.5) is 4.79 Å². The van der Waals surface area contributed by atoms with Gasteiger partial charge in [0.25, 0.3) is 5.91 Å². The van der Waals surface area contributed by atoms with Gasteiger partial charge in [0.15, 0.2) is 0 Å². The quantitative estimate of drug-likeness (QED) is 0.219. The first-order chi connectivity index (χ1) is 21.6. The molecule has 11 heteroatoms. The second kappa shape index (κ2) is 14.4. The molecule has 254 valence electrons. The number of urea groups is 1. The molecule has 4 atom stereocenters. The third-order valence-electron chi connectivity index (χ3n) is 10.1. The van der Waals surface area contributed by atoms with Crippen LogP contribution in [0.25, 0.3) is 0 Å². The highest BCUT2D eigenvalue weighted by Crippen LogP contribution is 2.37. The van der Waals surface area contributed by atoms with Crippen LogP contribution in [0.1, 0.15) is 98.0 Å². The Balaban J connectivity index is 1.54. The molecule has 46 heavy (non-hydrogen) atoms. The normalized spacial score (nSPS) is 22.5. The molecule has 1 aliphatic heterocycles. The SMILES string of the molecule is CC(C)[C@H]1CCN(C(=O)[C@@H](NC(=O)NC2(Cc3ccccc3O)CCCCC2)C(C)(C)C)[C@@H]1C(=O)NC(CC1CC1)C(=O)C(N)=O. The van der Waals surface area contributed by atoms with Crippen molar-refractivity contribution in [2.75, 3.05) is 6.54 Å². The number of primary amides is 1. The highest BCUT2D eigenvalue weighted by atomic mass is 16.3. The van der Waals surface area contributed by atoms with Crippen LogP contribution in [0, 0.1) is 23.2 Å². The summed E-state index contributed by atoms with van der Waals surface area (Å²) in [4.78, 5) is 67.9. The van der Waals surface area contributed by atoms with Gasteiger partial charge in [-0.15, -0.1) is 0 Å². The lowest BCUT2D eigenvalue weighted by atomic mass is 9.77. The number of carbonyl (C=O) groups excluding carboxylic acids is 5. The summed E-state index contributed by atoms with van der Waals surface area (Å²) in [7, 11) is 0. The zero-order valence-corrected chi connectivity index (χ0v) is 28.1. The van der Waals surface area contributed by atoms with Crippen molar-refractivity contribution in [2.24, 2.45) is 28.9 Å². The third kappa shape index (κ3) is 8.59. The van der Waals surface area contributed by atoms with Crippen molar-refractivity contribution in [3.05, 3.63) is 29.8 Å². The fourth-order valence-electron chi connectivity index (χ4n) is 7.27. The summed E-state index contributed by atoms with van der Waals surface area (Å²) in [5, 5.41) is 19.4. The van der Waals surface area contributed by atoms with Gasteiger partial charge >= 0.3 is 6.03 Å². The molecule has 0 radical (unpaired) electrons. The van der Waals surface area contributed by atoms with E-state index in [1.807, 2.05) is 46.8 Å². The van der Waals surface area contributed by atoms with E-state index in [1.54, 1.807) is 12.1 Å². The largest absolute Gasteiger partial charge is 0.508 e. The van der Waals surface area contributed by atoms with Gasteiger partial charge in [-0.1, -0.05) is 84.9 Å². The van der Waals surface area contributed by atoms with Gasteiger partial charge in [-0.25, -0.2) is 4.79 Å². The van der Waals surface area contributed by atoms with Gasteiger partial charge < -0.3 is 31.7 Å². The Morgan fingerprint density at radius 1 is 1.00 bits per heavy atom. The Morgan fingerprint density at radius 2 is 1.65 bits per heavy atom. The smallest absolute Gasteiger partial charge is 0.315 e. The number of benzene rings is 1. The fourth-order valence-corrected chi connectivity index (χ4v) is 7.27. The maximum absolute atomic E-state index is 14.4. The average molecular weight is 640 g/mol. The molecule has 5 amide bonds. The molecule has 2 aliphatic carbocycles. The molecule has 1 aromatic carbocycles. The summed E-state index contributed by atoms with van der Waals surface area (Å²) in [6, 6.07) is 3.83. The number of phenolic OH excluding ortho intramolecular Hbond substituents is 1. The van der Waals surface area contributed by atoms with Crippen LogP contribution >= 0.6 is 0 Å². The van der Waals surface area contributed by atoms with E-state index in [2.05, 4.69) is 16.0 Å². The van der Waals surface area contributed by atoms with Gasteiger partial charge in [0.2, 0.25) is 17.6 Å². The predicted molar refractivity (Wildman–Crippen MR) is 174 cm³/mol. The van der Waals surface area contributed by atoms with Crippen molar-refractivity contribution in [3.63, 3.8) is 0 Å². The number of phenols is 1. The number of Topliss-reactive ketones (excluding diaryl/α,β-unsaturated/α-hetero) is 1. The molecule has 0 aromatic heterocycles. The maximum atomic E-state index is 14.4. The number of para-hydroxylation sites is 1. The number of aromatic hydroxyl groups is 1. The van der Waals surface area contributed by atoms with Crippen LogP contribution in [-0.2, 0) is 25.6 Å². The first-order valence-electron chi connectivity index (χ1n) is 16.9. The Bertz CT molecular complexity index is 1300. The Kier molecular flexibility index (Phi) is 11.0. The molecule has 1 unspecified atom stereocenters. The van der Waals surface area contributed by atoms with E-state index >= 15 is 0 Å². The van der Waals surface area contributed by atoms with Crippen LogP contribution in [0.2, 0.25) is 0 Å². The number of ketones is 1. The van der Waals surface area contributed by atoms with Gasteiger partial charge in [0.1, 0.15) is 17.8 Å². The fraction of sp³-hybridized carbons (Fsp3) is 0.686. The van der Waals surface area contributed by atoms with Crippen LogP contribution in [-0.4, -0.2) is 69.8 Å². The van der Waals surface area contributed by atoms with E-state index < -0.39 is 52.7 Å². The van der Waals surface area contributed by atoms with E-state index in [-0.39, 0.29) is 29.4 Å². The van der Waals surface area contributed by atoms with E-state index in [0.29, 0.717) is 25.8 Å². The zero-order chi connectivity index (χ0) is 33.8. The van der Waals surface area contributed by atoms with E-state index in [1.165, 1.54) is 4.90 Å². The van der Waals surface area contributed by atoms with Crippen molar-refractivity contribution in [1.29, 1.82) is 0 Å². The van der Waals surface area contributed by atoms with Crippen LogP contribution in [0.15, 0.2) is 24.3 Å². The first kappa shape index (κ1) is 35.2. The highest BCUT2D eigenvalue weighted by molar-refractivity contribution is 6.37. The lowest BCUT2D eigenvalue weighted by Gasteiger charge is -2.40. The number of hydrogen-bond acceptors (Lipinski definition) is 6. The molecule has 3 fully saturated rings. The molecule has 3 aliphatic rings. The summed E-state index contributed by atoms with van der Waals surface area (Å²) in [5.74, 6) is -2.44. The number of nitrogens with zero attached hydrogens (tertiary/aromatic N) is 1. The monoisotopic (exact) mass is 639 g/mol. The molecule has 0 spiro atoms. The number of likely N-dealkylation sites (tertiary alicyclic amines) is 1. The van der Waals surface area contributed by atoms with E-state index in [4.69, 9.17) is 5.73 Å². The van der Waals surface area contributed by atoms with Gasteiger partial charge in [-0.05, 0) is 66.9 Å². The molecular formula is C35H53N5O6. The molecule has 4 rings (SSSR count). The summed E-state index contributed by atoms with van der Waals surface area (Å²) in [6.45, 7) is 9.93. The number of carbonyl (C=O) groups is 5. The number of nitrogens with two attached hydrogens (primary N) is 1. The average Bonchev–Trinajstić information content (AvgIpc) is 3.68. The molecular weight excluding hydrogens is 586 g/mol. The second-order valence-electron chi connectivity index (χ2n) is 15.2. The van der Waals surface area contributed by atoms with E-state index in [0.717, 1.165) is 50.5 Å². The molecule has 6 N–H and O–H groups in total. The van der Waals surface area contributed by atoms with Crippen molar-refractivity contribution in [3.8, 4) is 5.75 Å². The standard InChI is InChI=1S/C35H53N5O6/c1-21(2)24-15-18-40(27(24)31(44)37-25(19-22-13-14-22)28(42)30(36)43)32(45)29(34(3,4)5)38-33(46)39-35(16-9-6-10-17-35)20-23-11-7-8-12-26(23)41/h7-8,11-12,21-22,24-25,27,29,41H,6,9-10,13-20H2,1-5H3,(H2,36,43)(H,37,44)(H2,38,39,46)/t24-,25?,27+,29-/m1/s1. The number of rotatable bonds is 12. The summed E-state index contributed by atoms with van der Waals surface area (Å²) in [6.07, 6.45) is 7.70. The highest BCUT2D eigenvalue weighted by Gasteiger charge is 2.48. The second-order valence-corrected chi connectivity index (χ2v) is 15.2. The van der Waals surface area contributed by atoms with Gasteiger partial charge in [0, 0.05) is 12.1 Å². The molecule has 0 bridgehead atoms. The molecule has 2 saturated carbocycles. The topological polar surface area (TPSA) is 171 Å². The first-order valence-corrected chi connectivity index (χ1v) is 16.9. The lowest BCUT2D eigenvalue weighted by molar-refractivity contribution is -0.144. The molecule has 1 heterocycles. The van der Waals surface area contributed by atoms with Crippen molar-refractivity contribution in [2.45, 2.75) is 122 Å². The number of nitrogens with one attached hydrogen (secondary N) is 3. The molecule has 1 saturated heterocycles. The maximum Gasteiger partial charge on any atom is 0.315 e. The zero-order valence-electron chi connectivity index (χ0n) is 28.1. The van der Waals surface area contributed by atoms with Crippen molar-refractivity contribution in [1.82, 2.24) is 20.9 Å². The number of amides is 5. The van der Waals surface area contributed by atoms with Crippen molar-refractivity contribution >= 4 is 29.5 Å². The van der Waals surface area contributed by atoms with Crippen molar-refractivity contribution < 1.29 is 29.1 Å². The van der Waals surface area contributed by atoms with Gasteiger partial charge in [-0.2, -0.15) is 0 Å². The summed E-state index contributed by atoms with van der Waals surface area (Å²) < 4.78 is 0. The van der Waals surface area contributed by atoms with Crippen LogP contribution in [0.5, 0.6) is 5.75 Å². The van der Waals surface area contributed by atoms with Crippen LogP contribution in [0.3, 0.4) is 0 Å². The minimum atomic E-state index is -1.09. The molecule has 11 nitrogen and oxygen atoms in total. The Hall–Kier alpha value is -3.63.